The second-order valence-corrected chi connectivity index (χ2v) is 14.0. The zero-order valence-electron chi connectivity index (χ0n) is 28.0. The Balaban J connectivity index is 1.08. The number of hydrogen-bond donors (Lipinski definition) is 0. The molecule has 11 rings (SSSR count). The third-order valence-corrected chi connectivity index (χ3v) is 10.9. The maximum atomic E-state index is 6.68. The van der Waals surface area contributed by atoms with Crippen molar-refractivity contribution in [1.82, 2.24) is 19.9 Å². The molecule has 0 atom stereocenters. The van der Waals surface area contributed by atoms with Crippen molar-refractivity contribution < 1.29 is 8.83 Å². The Hall–Kier alpha value is -6.96. The molecular weight excluding hydrogens is 673 g/mol. The van der Waals surface area contributed by atoms with E-state index >= 15 is 0 Å². The zero-order chi connectivity index (χ0) is 34.9. The first-order valence-electron chi connectivity index (χ1n) is 17.4. The average Bonchev–Trinajstić information content (AvgIpc) is 3.94. The number of furan rings is 2. The van der Waals surface area contributed by atoms with Gasteiger partial charge in [-0.05, 0) is 35.9 Å². The number of nitrogens with zero attached hydrogens (tertiary/aromatic N) is 4. The molecule has 0 saturated carbocycles. The average molecular weight is 699 g/mol. The third kappa shape index (κ3) is 4.86. The van der Waals surface area contributed by atoms with Crippen LogP contribution in [0.1, 0.15) is 0 Å². The van der Waals surface area contributed by atoms with Crippen LogP contribution in [0, 0.1) is 0 Å². The minimum absolute atomic E-state index is 0.539. The number of fused-ring (bicyclic) bond motifs is 7. The predicted molar refractivity (Wildman–Crippen MR) is 215 cm³/mol. The summed E-state index contributed by atoms with van der Waals surface area (Å²) in [6.45, 7) is 0. The number of benzene rings is 7. The van der Waals surface area contributed by atoms with E-state index in [1.54, 1.807) is 11.3 Å². The summed E-state index contributed by atoms with van der Waals surface area (Å²) < 4.78 is 14.3. The molecule has 4 aromatic heterocycles. The summed E-state index contributed by atoms with van der Waals surface area (Å²) in [6.07, 6.45) is 0. The molecule has 0 aliphatic heterocycles. The van der Waals surface area contributed by atoms with Crippen LogP contribution in [0.15, 0.2) is 167 Å². The molecule has 0 bridgehead atoms. The van der Waals surface area contributed by atoms with Crippen LogP contribution in [0.4, 0.5) is 0 Å². The van der Waals surface area contributed by atoms with E-state index in [2.05, 4.69) is 78.9 Å². The molecule has 7 aromatic carbocycles. The van der Waals surface area contributed by atoms with Crippen LogP contribution in [-0.2, 0) is 0 Å². The Labute approximate surface area is 306 Å². The molecule has 0 unspecified atom stereocenters. The molecule has 4 heterocycles. The molecule has 0 aliphatic rings. The van der Waals surface area contributed by atoms with Crippen molar-refractivity contribution in [2.24, 2.45) is 0 Å². The molecule has 0 spiro atoms. The second kappa shape index (κ2) is 11.8. The van der Waals surface area contributed by atoms with Gasteiger partial charge in [0.25, 0.3) is 0 Å². The maximum absolute atomic E-state index is 6.68. The van der Waals surface area contributed by atoms with Crippen LogP contribution >= 0.6 is 11.3 Å². The van der Waals surface area contributed by atoms with E-state index in [1.165, 1.54) is 4.70 Å². The van der Waals surface area contributed by atoms with Gasteiger partial charge in [-0.25, -0.2) is 19.9 Å². The van der Waals surface area contributed by atoms with Gasteiger partial charge in [0.15, 0.2) is 17.5 Å². The first-order valence-corrected chi connectivity index (χ1v) is 18.2. The Kier molecular flexibility index (Phi) is 6.62. The van der Waals surface area contributed by atoms with Crippen molar-refractivity contribution in [2.75, 3.05) is 0 Å². The van der Waals surface area contributed by atoms with E-state index in [0.717, 1.165) is 87.8 Å². The summed E-state index contributed by atoms with van der Waals surface area (Å²) in [5, 5.41) is 5.02. The van der Waals surface area contributed by atoms with Gasteiger partial charge in [-0.3, -0.25) is 0 Å². The second-order valence-electron chi connectivity index (χ2n) is 13.0. The lowest BCUT2D eigenvalue weighted by atomic mass is 9.99. The van der Waals surface area contributed by atoms with Crippen molar-refractivity contribution in [2.45, 2.75) is 0 Å². The normalized spacial score (nSPS) is 11.8. The fourth-order valence-corrected chi connectivity index (χ4v) is 8.28. The Morgan fingerprint density at radius 3 is 1.85 bits per heavy atom. The third-order valence-electron chi connectivity index (χ3n) is 9.81. The molecule has 0 N–H and O–H groups in total. The van der Waals surface area contributed by atoms with Gasteiger partial charge < -0.3 is 8.83 Å². The Morgan fingerprint density at radius 1 is 0.377 bits per heavy atom. The smallest absolute Gasteiger partial charge is 0.167 e. The largest absolute Gasteiger partial charge is 0.455 e. The summed E-state index contributed by atoms with van der Waals surface area (Å²) in [6, 6.07) is 53.4. The minimum Gasteiger partial charge on any atom is -0.455 e. The number of thiazole rings is 1. The lowest BCUT2D eigenvalue weighted by Gasteiger charge is -2.09. The first kappa shape index (κ1) is 29.7. The summed E-state index contributed by atoms with van der Waals surface area (Å²) >= 11 is 1.71. The van der Waals surface area contributed by atoms with E-state index in [0.29, 0.717) is 17.5 Å². The first-order chi connectivity index (χ1) is 26.2. The fraction of sp³-hybridized carbons (Fsp3) is 0. The minimum atomic E-state index is 0.539. The predicted octanol–water partition coefficient (Wildman–Crippen LogP) is 12.6. The lowest BCUT2D eigenvalue weighted by molar-refractivity contribution is 0.669. The van der Waals surface area contributed by atoms with Crippen molar-refractivity contribution in [3.05, 3.63) is 158 Å². The highest BCUT2D eigenvalue weighted by molar-refractivity contribution is 7.21. The van der Waals surface area contributed by atoms with Crippen LogP contribution in [0.5, 0.6) is 0 Å². The van der Waals surface area contributed by atoms with Crippen LogP contribution < -0.4 is 0 Å². The summed E-state index contributed by atoms with van der Waals surface area (Å²) in [4.78, 5) is 20.1. The van der Waals surface area contributed by atoms with Gasteiger partial charge in [-0.15, -0.1) is 11.3 Å². The molecule has 0 fully saturated rings. The molecule has 0 amide bonds. The van der Waals surface area contributed by atoms with Crippen molar-refractivity contribution in [3.63, 3.8) is 0 Å². The van der Waals surface area contributed by atoms with Crippen LogP contribution in [0.2, 0.25) is 0 Å². The molecule has 53 heavy (non-hydrogen) atoms. The topological polar surface area (TPSA) is 77.8 Å². The molecule has 0 saturated heterocycles. The van der Waals surface area contributed by atoms with E-state index < -0.39 is 0 Å². The number of aromatic nitrogens is 4. The molecular formula is C46H26N4O2S. The quantitative estimate of drug-likeness (QED) is 0.178. The van der Waals surface area contributed by atoms with Gasteiger partial charge in [-0.2, -0.15) is 0 Å². The molecule has 7 heteroatoms. The SMILES string of the molecule is c1ccc(-c2nc(-c3cccc4c3oc3ccccc34)nc(-c3cccc4oc5c(-c6ccc(-c7nc8ccccc8s7)cc6)cccc5c34)n2)cc1. The van der Waals surface area contributed by atoms with Gasteiger partial charge in [0, 0.05) is 43.8 Å². The molecule has 248 valence electrons. The highest BCUT2D eigenvalue weighted by Crippen LogP contribution is 2.42. The van der Waals surface area contributed by atoms with Crippen LogP contribution in [-0.4, -0.2) is 19.9 Å². The van der Waals surface area contributed by atoms with Gasteiger partial charge in [-0.1, -0.05) is 127 Å². The van der Waals surface area contributed by atoms with E-state index in [1.807, 2.05) is 78.9 Å². The van der Waals surface area contributed by atoms with Crippen LogP contribution in [0.3, 0.4) is 0 Å². The molecule has 11 aromatic rings. The number of hydrogen-bond acceptors (Lipinski definition) is 7. The van der Waals surface area contributed by atoms with Crippen LogP contribution in [0.25, 0.3) is 110 Å². The van der Waals surface area contributed by atoms with E-state index in [-0.39, 0.29) is 0 Å². The summed E-state index contributed by atoms with van der Waals surface area (Å²) in [5.74, 6) is 1.68. The van der Waals surface area contributed by atoms with Gasteiger partial charge in [0.2, 0.25) is 0 Å². The van der Waals surface area contributed by atoms with Crippen molar-refractivity contribution in [3.8, 4) is 55.9 Å². The van der Waals surface area contributed by atoms with Crippen molar-refractivity contribution in [1.29, 1.82) is 0 Å². The Morgan fingerprint density at radius 2 is 0.981 bits per heavy atom. The highest BCUT2D eigenvalue weighted by Gasteiger charge is 2.21. The Bertz CT molecular complexity index is 3150. The molecule has 6 nitrogen and oxygen atoms in total. The highest BCUT2D eigenvalue weighted by atomic mass is 32.1. The van der Waals surface area contributed by atoms with Gasteiger partial charge >= 0.3 is 0 Å². The fourth-order valence-electron chi connectivity index (χ4n) is 7.31. The number of para-hydroxylation sites is 4. The zero-order valence-corrected chi connectivity index (χ0v) is 28.8. The summed E-state index contributed by atoms with van der Waals surface area (Å²) in [7, 11) is 0. The molecule has 0 aliphatic carbocycles. The van der Waals surface area contributed by atoms with Gasteiger partial charge in [0.05, 0.1) is 15.8 Å². The lowest BCUT2D eigenvalue weighted by Crippen LogP contribution is -2.00. The maximum Gasteiger partial charge on any atom is 0.167 e. The van der Waals surface area contributed by atoms with E-state index in [9.17, 15) is 0 Å². The monoisotopic (exact) mass is 698 g/mol. The standard InChI is InChI=1S/C46H26N4O2S/c1-2-11-28(12-3-1)43-48-44(50-45(49-43)35-18-9-15-32-31-13-4-6-20-37(31)51-42(32)35)34-17-10-21-38-40(34)33-16-8-14-30(41(33)52-38)27-23-25-29(26-24-27)46-47-36-19-5-7-22-39(36)53-46/h1-26H. The van der Waals surface area contributed by atoms with Gasteiger partial charge in [0.1, 0.15) is 27.3 Å². The van der Waals surface area contributed by atoms with Crippen molar-refractivity contribution >= 4 is 65.4 Å². The summed E-state index contributed by atoms with van der Waals surface area (Å²) in [5.41, 5.74) is 9.90. The van der Waals surface area contributed by atoms with E-state index in [4.69, 9.17) is 28.8 Å². The molecule has 0 radical (unpaired) electrons. The number of rotatable bonds is 5.